The Morgan fingerprint density at radius 2 is 1.52 bits per heavy atom. The summed E-state index contributed by atoms with van der Waals surface area (Å²) in [6, 6.07) is 11.2. The number of amides is 3. The van der Waals surface area contributed by atoms with Crippen molar-refractivity contribution in [1.29, 1.82) is 0 Å². The quantitative estimate of drug-likeness (QED) is 0.286. The molecule has 5 N–H and O–H groups in total. The number of carbonyl (C=O) groups is 3. The zero-order valence-corrected chi connectivity index (χ0v) is 25.4. The zero-order valence-electron chi connectivity index (χ0n) is 25.4. The van der Waals surface area contributed by atoms with E-state index in [4.69, 9.17) is 16.2 Å². The first-order valence-corrected chi connectivity index (χ1v) is 15.3. The molecule has 0 heterocycles. The van der Waals surface area contributed by atoms with E-state index >= 15 is 0 Å². The van der Waals surface area contributed by atoms with Gasteiger partial charge in [0.15, 0.2) is 0 Å². The molecule has 2 atom stereocenters. The lowest BCUT2D eigenvalue weighted by Gasteiger charge is -2.31. The molecule has 1 saturated carbocycles. The Kier molecular flexibility index (Phi) is 12.8. The van der Waals surface area contributed by atoms with E-state index in [-0.39, 0.29) is 35.7 Å². The van der Waals surface area contributed by atoms with Gasteiger partial charge in [0.2, 0.25) is 5.91 Å². The van der Waals surface area contributed by atoms with Crippen LogP contribution in [0.25, 0.3) is 0 Å². The number of methoxy groups -OCH3 is 1. The molecule has 3 rings (SSSR count). The Morgan fingerprint density at radius 1 is 0.929 bits per heavy atom. The second kappa shape index (κ2) is 16.3. The van der Waals surface area contributed by atoms with E-state index in [1.807, 2.05) is 38.1 Å². The summed E-state index contributed by atoms with van der Waals surface area (Å²) in [5.74, 6) is -0.308. The molecule has 0 bridgehead atoms. The minimum absolute atomic E-state index is 0.00813. The van der Waals surface area contributed by atoms with Gasteiger partial charge in [-0.15, -0.1) is 0 Å². The van der Waals surface area contributed by atoms with Gasteiger partial charge in [-0.3, -0.25) is 14.4 Å². The van der Waals surface area contributed by atoms with Crippen LogP contribution in [0.2, 0.25) is 0 Å². The molecule has 1 fully saturated rings. The Morgan fingerprint density at radius 3 is 2.10 bits per heavy atom. The van der Waals surface area contributed by atoms with E-state index in [1.165, 1.54) is 42.4 Å². The van der Waals surface area contributed by atoms with Gasteiger partial charge >= 0.3 is 0 Å². The van der Waals surface area contributed by atoms with Crippen LogP contribution >= 0.6 is 0 Å². The Balaban J connectivity index is 1.94. The minimum Gasteiger partial charge on any atom is -0.497 e. The Bertz CT molecular complexity index is 1190. The number of hydrogen-bond acceptors (Lipinski definition) is 6. The van der Waals surface area contributed by atoms with E-state index in [0.717, 1.165) is 31.2 Å². The first-order chi connectivity index (χ1) is 20.2. The molecule has 0 aromatic heterocycles. The fourth-order valence-electron chi connectivity index (χ4n) is 5.77. The van der Waals surface area contributed by atoms with E-state index in [0.29, 0.717) is 31.2 Å². The molecule has 1 aliphatic carbocycles. The van der Waals surface area contributed by atoms with Gasteiger partial charge < -0.3 is 31.1 Å². The standard InChI is InChI=1S/C33H48N4O5/c1-4-14-36(15-5-2)32(40)26-18-25(31(35)39)19-27(20-26)33(41)37(21-24-12-9-13-28(16-24)42-3)22-30(38)29(34)17-23-10-7-6-8-11-23/h9,12-13,16,18-20,23,29-30,38H,4-8,10-11,14-15,17,21-22,34H2,1-3H3,(H2,35,39)/t29-,30+/m0/s1. The average Bonchev–Trinajstić information content (AvgIpc) is 3.00. The summed E-state index contributed by atoms with van der Waals surface area (Å²) in [6.07, 6.45) is 7.11. The van der Waals surface area contributed by atoms with E-state index in [2.05, 4.69) is 0 Å². The van der Waals surface area contributed by atoms with E-state index < -0.39 is 24.0 Å². The summed E-state index contributed by atoms with van der Waals surface area (Å²) >= 11 is 0. The number of hydrogen-bond donors (Lipinski definition) is 3. The molecule has 9 heteroatoms. The van der Waals surface area contributed by atoms with Crippen LogP contribution in [0.3, 0.4) is 0 Å². The summed E-state index contributed by atoms with van der Waals surface area (Å²) in [7, 11) is 1.57. The number of aliphatic hydroxyl groups excluding tert-OH is 1. The van der Waals surface area contributed by atoms with Gasteiger partial charge in [0, 0.05) is 48.9 Å². The van der Waals surface area contributed by atoms with Crippen molar-refractivity contribution in [2.24, 2.45) is 17.4 Å². The third-order valence-corrected chi connectivity index (χ3v) is 8.01. The van der Waals surface area contributed by atoms with Crippen molar-refractivity contribution in [2.45, 2.75) is 83.9 Å². The summed E-state index contributed by atoms with van der Waals surface area (Å²) in [4.78, 5) is 43.0. The summed E-state index contributed by atoms with van der Waals surface area (Å²) in [6.45, 7) is 5.27. The number of benzene rings is 2. The van der Waals surface area contributed by atoms with Crippen molar-refractivity contribution in [3.8, 4) is 5.75 Å². The highest BCUT2D eigenvalue weighted by molar-refractivity contribution is 6.04. The van der Waals surface area contributed by atoms with Gasteiger partial charge in [0.1, 0.15) is 5.75 Å². The van der Waals surface area contributed by atoms with Crippen molar-refractivity contribution >= 4 is 17.7 Å². The highest BCUT2D eigenvalue weighted by Gasteiger charge is 2.27. The number of primary amides is 1. The van der Waals surface area contributed by atoms with E-state index in [1.54, 1.807) is 12.0 Å². The number of nitrogens with zero attached hydrogens (tertiary/aromatic N) is 2. The van der Waals surface area contributed by atoms with Gasteiger partial charge in [-0.25, -0.2) is 0 Å². The van der Waals surface area contributed by atoms with Crippen LogP contribution in [-0.2, 0) is 6.54 Å². The van der Waals surface area contributed by atoms with Crippen molar-refractivity contribution in [2.75, 3.05) is 26.7 Å². The van der Waals surface area contributed by atoms with Crippen LogP contribution in [0.15, 0.2) is 42.5 Å². The smallest absolute Gasteiger partial charge is 0.254 e. The lowest BCUT2D eigenvalue weighted by molar-refractivity contribution is 0.0525. The molecule has 42 heavy (non-hydrogen) atoms. The molecular weight excluding hydrogens is 532 g/mol. The molecule has 0 saturated heterocycles. The largest absolute Gasteiger partial charge is 0.497 e. The summed E-state index contributed by atoms with van der Waals surface area (Å²) in [5, 5.41) is 11.2. The molecule has 230 valence electrons. The summed E-state index contributed by atoms with van der Waals surface area (Å²) < 4.78 is 5.37. The predicted molar refractivity (Wildman–Crippen MR) is 164 cm³/mol. The first-order valence-electron chi connectivity index (χ1n) is 15.3. The predicted octanol–water partition coefficient (Wildman–Crippen LogP) is 4.36. The van der Waals surface area contributed by atoms with Gasteiger partial charge in [-0.1, -0.05) is 58.1 Å². The van der Waals surface area contributed by atoms with Gasteiger partial charge in [-0.05, 0) is 61.1 Å². The maximum atomic E-state index is 14.1. The Labute approximate surface area is 250 Å². The monoisotopic (exact) mass is 580 g/mol. The van der Waals surface area contributed by atoms with Crippen molar-refractivity contribution in [3.63, 3.8) is 0 Å². The topological polar surface area (TPSA) is 139 Å². The maximum absolute atomic E-state index is 14.1. The third-order valence-electron chi connectivity index (χ3n) is 8.01. The fraction of sp³-hybridized carbons (Fsp3) is 0.545. The van der Waals surface area contributed by atoms with E-state index in [9.17, 15) is 19.5 Å². The van der Waals surface area contributed by atoms with Gasteiger partial charge in [0.25, 0.3) is 11.8 Å². The lowest BCUT2D eigenvalue weighted by Crippen LogP contribution is -2.46. The Hall–Kier alpha value is -3.43. The third kappa shape index (κ3) is 9.29. The van der Waals surface area contributed by atoms with Crippen molar-refractivity contribution in [1.82, 2.24) is 9.80 Å². The number of ether oxygens (including phenoxy) is 1. The molecule has 2 aromatic carbocycles. The second-order valence-corrected chi connectivity index (χ2v) is 11.5. The highest BCUT2D eigenvalue weighted by atomic mass is 16.5. The lowest BCUT2D eigenvalue weighted by atomic mass is 9.84. The normalized spacial score (nSPS) is 15.1. The SMILES string of the molecule is CCCN(CCC)C(=O)c1cc(C(N)=O)cc(C(=O)N(Cc2cccc(OC)c2)C[C@@H](O)[C@@H](N)CC2CCCCC2)c1. The van der Waals surface area contributed by atoms with Crippen LogP contribution in [0.4, 0.5) is 0 Å². The number of aliphatic hydroxyl groups is 1. The summed E-state index contributed by atoms with van der Waals surface area (Å²) in [5.41, 5.74) is 13.4. The zero-order chi connectivity index (χ0) is 30.6. The van der Waals surface area contributed by atoms with Crippen LogP contribution < -0.4 is 16.2 Å². The highest BCUT2D eigenvalue weighted by Crippen LogP contribution is 2.28. The fourth-order valence-corrected chi connectivity index (χ4v) is 5.77. The first kappa shape index (κ1) is 33.1. The molecule has 2 aromatic rings. The van der Waals surface area contributed by atoms with Gasteiger partial charge in [0.05, 0.1) is 13.2 Å². The van der Waals surface area contributed by atoms with Crippen LogP contribution in [0.1, 0.15) is 102 Å². The molecule has 0 spiro atoms. The van der Waals surface area contributed by atoms with Gasteiger partial charge in [-0.2, -0.15) is 0 Å². The van der Waals surface area contributed by atoms with Crippen LogP contribution in [0.5, 0.6) is 5.75 Å². The molecule has 3 amide bonds. The minimum atomic E-state index is -0.952. The van der Waals surface area contributed by atoms with Crippen molar-refractivity contribution < 1.29 is 24.2 Å². The molecule has 0 aliphatic heterocycles. The maximum Gasteiger partial charge on any atom is 0.254 e. The molecule has 1 aliphatic rings. The second-order valence-electron chi connectivity index (χ2n) is 11.5. The van der Waals surface area contributed by atoms with Crippen LogP contribution in [0, 0.1) is 5.92 Å². The molecule has 9 nitrogen and oxygen atoms in total. The molecule has 0 radical (unpaired) electrons. The number of carbonyl (C=O) groups excluding carboxylic acids is 3. The number of nitrogens with two attached hydrogens (primary N) is 2. The average molecular weight is 581 g/mol. The van der Waals surface area contributed by atoms with Crippen molar-refractivity contribution in [3.05, 3.63) is 64.7 Å². The molecule has 0 unspecified atom stereocenters. The van der Waals surface area contributed by atoms with Crippen LogP contribution in [-0.4, -0.2) is 71.5 Å². The molecular formula is C33H48N4O5. The number of rotatable bonds is 15.